The van der Waals surface area contributed by atoms with Crippen molar-refractivity contribution in [3.8, 4) is 0 Å². The zero-order valence-corrected chi connectivity index (χ0v) is 10.6. The summed E-state index contributed by atoms with van der Waals surface area (Å²) in [5.41, 5.74) is 11.1. The van der Waals surface area contributed by atoms with Crippen molar-refractivity contribution >= 4 is 17.5 Å². The maximum Gasteiger partial charge on any atom is 0.165 e. The van der Waals surface area contributed by atoms with Crippen LogP contribution in [-0.4, -0.2) is 11.0 Å². The number of Topliss-reactive ketones (excluding diaryl/α,β-unsaturated/α-hetero) is 1. The summed E-state index contributed by atoms with van der Waals surface area (Å²) < 4.78 is 0. The molecular weight excluding hydrogens is 234 g/mol. The van der Waals surface area contributed by atoms with Gasteiger partial charge < -0.3 is 0 Å². The van der Waals surface area contributed by atoms with E-state index < -0.39 is 0 Å². The van der Waals surface area contributed by atoms with Crippen LogP contribution in [0, 0.1) is 6.92 Å². The number of benzene rings is 1. The molecule has 17 heavy (non-hydrogen) atoms. The predicted octanol–water partition coefficient (Wildman–Crippen LogP) is 3.87. The van der Waals surface area contributed by atoms with Gasteiger partial charge in [0.25, 0.3) is 0 Å². The molecule has 0 saturated carbocycles. The minimum Gasteiger partial charge on any atom is -0.294 e. The Hall–Kier alpha value is -1.45. The van der Waals surface area contributed by atoms with Crippen LogP contribution in [0.3, 0.4) is 0 Å². The second-order valence-corrected chi connectivity index (χ2v) is 5.71. The maximum absolute atomic E-state index is 11.9. The molecule has 0 fully saturated rings. The highest BCUT2D eigenvalue weighted by atomic mass is 32.2. The van der Waals surface area contributed by atoms with Crippen LogP contribution >= 0.6 is 11.8 Å². The number of azide groups is 1. The molecule has 0 bridgehead atoms. The van der Waals surface area contributed by atoms with E-state index in [1.807, 2.05) is 19.1 Å². The zero-order chi connectivity index (χ0) is 12.4. The van der Waals surface area contributed by atoms with E-state index in [0.29, 0.717) is 18.2 Å². The molecule has 2 rings (SSSR count). The van der Waals surface area contributed by atoms with Gasteiger partial charge in [0.2, 0.25) is 0 Å². The first-order valence-corrected chi connectivity index (χ1v) is 6.34. The largest absolute Gasteiger partial charge is 0.294 e. The Labute approximate surface area is 104 Å². The number of ketones is 1. The lowest BCUT2D eigenvalue weighted by atomic mass is 9.98. The summed E-state index contributed by atoms with van der Waals surface area (Å²) in [6.07, 6.45) is 0.605. The smallest absolute Gasteiger partial charge is 0.165 e. The van der Waals surface area contributed by atoms with Gasteiger partial charge in [-0.3, -0.25) is 4.79 Å². The Morgan fingerprint density at radius 3 is 3.06 bits per heavy atom. The first-order valence-electron chi connectivity index (χ1n) is 5.46. The first kappa shape index (κ1) is 12.0. The fraction of sp³-hybridized carbons (Fsp3) is 0.417. The topological polar surface area (TPSA) is 65.8 Å². The summed E-state index contributed by atoms with van der Waals surface area (Å²) in [6.45, 7) is 4.33. The molecule has 5 heteroatoms. The van der Waals surface area contributed by atoms with E-state index in [9.17, 15) is 4.79 Å². The van der Waals surface area contributed by atoms with Gasteiger partial charge in [-0.2, -0.15) is 0 Å². The van der Waals surface area contributed by atoms with E-state index in [2.05, 4.69) is 16.9 Å². The molecule has 4 nitrogen and oxygen atoms in total. The number of thioether (sulfide) groups is 1. The van der Waals surface area contributed by atoms with Crippen LogP contribution in [0.1, 0.15) is 34.8 Å². The van der Waals surface area contributed by atoms with E-state index in [-0.39, 0.29) is 5.78 Å². The fourth-order valence-electron chi connectivity index (χ4n) is 2.10. The molecular formula is C12H13N3OS. The number of hydrogen-bond donors (Lipinski definition) is 0. The maximum atomic E-state index is 11.9. The van der Waals surface area contributed by atoms with Gasteiger partial charge in [0.15, 0.2) is 5.78 Å². The Bertz CT molecular complexity index is 521. The quantitative estimate of drug-likeness (QED) is 0.452. The van der Waals surface area contributed by atoms with Crippen LogP contribution in [0.25, 0.3) is 10.4 Å². The van der Waals surface area contributed by atoms with Crippen molar-refractivity contribution in [1.82, 2.24) is 0 Å². The number of aryl methyl sites for hydroxylation is 1. The van der Waals surface area contributed by atoms with Gasteiger partial charge >= 0.3 is 0 Å². The Morgan fingerprint density at radius 1 is 1.59 bits per heavy atom. The Balaban J connectivity index is 2.45. The molecule has 1 aromatic rings. The van der Waals surface area contributed by atoms with Crippen LogP contribution in [0.4, 0.5) is 0 Å². The van der Waals surface area contributed by atoms with Crippen molar-refractivity contribution in [3.63, 3.8) is 0 Å². The van der Waals surface area contributed by atoms with Crippen molar-refractivity contribution < 1.29 is 4.79 Å². The molecule has 1 aromatic carbocycles. The fourth-order valence-corrected chi connectivity index (χ4v) is 3.38. The van der Waals surface area contributed by atoms with Gasteiger partial charge in [0.1, 0.15) is 0 Å². The average molecular weight is 247 g/mol. The van der Waals surface area contributed by atoms with Crippen LogP contribution in [0.2, 0.25) is 0 Å². The van der Waals surface area contributed by atoms with Crippen LogP contribution in [-0.2, 0) is 6.54 Å². The second kappa shape index (κ2) is 4.82. The molecule has 1 aliphatic heterocycles. The van der Waals surface area contributed by atoms with Crippen molar-refractivity contribution in [2.75, 3.05) is 0 Å². The monoisotopic (exact) mass is 247 g/mol. The van der Waals surface area contributed by atoms with Crippen molar-refractivity contribution in [3.05, 3.63) is 39.3 Å². The summed E-state index contributed by atoms with van der Waals surface area (Å²) >= 11 is 1.72. The lowest BCUT2D eigenvalue weighted by Crippen LogP contribution is -2.16. The Morgan fingerprint density at radius 2 is 2.35 bits per heavy atom. The molecule has 0 aromatic heterocycles. The normalized spacial score (nSPS) is 18.5. The van der Waals surface area contributed by atoms with E-state index in [0.717, 1.165) is 21.6 Å². The molecule has 0 spiro atoms. The predicted molar refractivity (Wildman–Crippen MR) is 68.3 cm³/mol. The molecule has 1 atom stereocenters. The molecule has 1 heterocycles. The summed E-state index contributed by atoms with van der Waals surface area (Å²) in [6, 6.07) is 3.90. The number of hydrogen-bond acceptors (Lipinski definition) is 3. The number of carbonyl (C=O) groups is 1. The molecule has 0 saturated heterocycles. The van der Waals surface area contributed by atoms with Gasteiger partial charge in [-0.15, -0.1) is 11.8 Å². The van der Waals surface area contributed by atoms with Gasteiger partial charge in [-0.1, -0.05) is 18.1 Å². The molecule has 1 unspecified atom stereocenters. The third-order valence-corrected chi connectivity index (χ3v) is 3.90. The van der Waals surface area contributed by atoms with E-state index >= 15 is 0 Å². The third-order valence-electron chi connectivity index (χ3n) is 2.76. The number of rotatable bonds is 2. The first-order chi connectivity index (χ1) is 8.11. The minimum atomic E-state index is 0.221. The van der Waals surface area contributed by atoms with Crippen LogP contribution in [0.15, 0.2) is 22.1 Å². The molecule has 1 aliphatic rings. The van der Waals surface area contributed by atoms with Gasteiger partial charge in [0, 0.05) is 27.0 Å². The van der Waals surface area contributed by atoms with Gasteiger partial charge in [-0.05, 0) is 29.6 Å². The summed E-state index contributed by atoms with van der Waals surface area (Å²) in [7, 11) is 0. The average Bonchev–Trinajstić information content (AvgIpc) is 2.24. The highest BCUT2D eigenvalue weighted by Crippen LogP contribution is 2.37. The molecule has 0 radical (unpaired) electrons. The summed E-state index contributed by atoms with van der Waals surface area (Å²) in [5.74, 6) is 0.221. The van der Waals surface area contributed by atoms with E-state index in [1.54, 1.807) is 11.8 Å². The number of nitrogens with zero attached hydrogens (tertiary/aromatic N) is 3. The highest BCUT2D eigenvalue weighted by molar-refractivity contribution is 8.00. The van der Waals surface area contributed by atoms with Crippen molar-refractivity contribution in [2.45, 2.75) is 37.0 Å². The van der Waals surface area contributed by atoms with Gasteiger partial charge in [0.05, 0.1) is 6.54 Å². The lowest BCUT2D eigenvalue weighted by molar-refractivity contribution is 0.0977. The number of fused-ring (bicyclic) bond motifs is 1. The van der Waals surface area contributed by atoms with Crippen LogP contribution < -0.4 is 0 Å². The summed E-state index contributed by atoms with van der Waals surface area (Å²) in [4.78, 5) is 15.7. The number of carbonyl (C=O) groups excluding carboxylic acids is 1. The molecule has 88 valence electrons. The van der Waals surface area contributed by atoms with Crippen LogP contribution in [0.5, 0.6) is 0 Å². The molecule has 0 amide bonds. The van der Waals surface area contributed by atoms with Gasteiger partial charge in [-0.25, -0.2) is 0 Å². The van der Waals surface area contributed by atoms with Crippen molar-refractivity contribution in [1.29, 1.82) is 0 Å². The molecule has 0 N–H and O–H groups in total. The zero-order valence-electron chi connectivity index (χ0n) is 9.80. The standard InChI is InChI=1S/C12H13N3OS/c1-7-3-9(6-14-15-13)5-11-12(7)10(16)4-8(2)17-11/h3,5,8H,4,6H2,1-2H3. The second-order valence-electron chi connectivity index (χ2n) is 4.23. The lowest BCUT2D eigenvalue weighted by Gasteiger charge is -2.22. The Kier molecular flexibility index (Phi) is 3.41. The third kappa shape index (κ3) is 2.46. The van der Waals surface area contributed by atoms with E-state index in [1.165, 1.54) is 0 Å². The van der Waals surface area contributed by atoms with Crippen molar-refractivity contribution in [2.24, 2.45) is 5.11 Å². The summed E-state index contributed by atoms with van der Waals surface area (Å²) in [5, 5.41) is 3.88. The molecule has 0 aliphatic carbocycles. The highest BCUT2D eigenvalue weighted by Gasteiger charge is 2.24. The van der Waals surface area contributed by atoms with E-state index in [4.69, 9.17) is 5.53 Å². The minimum absolute atomic E-state index is 0.221. The SMILES string of the molecule is Cc1cc(CN=[N+]=[N-])cc2c1C(=O)CC(C)S2.